The second kappa shape index (κ2) is 3.99. The molecule has 16 heavy (non-hydrogen) atoms. The Morgan fingerprint density at radius 3 is 2.50 bits per heavy atom. The first-order chi connectivity index (χ1) is 7.53. The zero-order valence-corrected chi connectivity index (χ0v) is 10.0. The van der Waals surface area contributed by atoms with Crippen LogP contribution in [0.15, 0.2) is 39.6 Å². The number of hydrogen-bond donors (Lipinski definition) is 1. The minimum Gasteiger partial charge on any atom is -0.270 e. The summed E-state index contributed by atoms with van der Waals surface area (Å²) in [6.45, 7) is 3.81. The van der Waals surface area contributed by atoms with E-state index in [-0.39, 0.29) is 13.3 Å². The molecule has 0 fully saturated rings. The van der Waals surface area contributed by atoms with Gasteiger partial charge in [-0.1, -0.05) is 32.0 Å². The van der Waals surface area contributed by atoms with Crippen molar-refractivity contribution in [1.29, 1.82) is 0 Å². The summed E-state index contributed by atoms with van der Waals surface area (Å²) >= 11 is 0. The van der Waals surface area contributed by atoms with E-state index in [4.69, 9.17) is 0 Å². The van der Waals surface area contributed by atoms with E-state index < -0.39 is 16.0 Å². The molecule has 1 heterocycles. The Hall–Kier alpha value is -1.20. The topological polar surface area (TPSA) is 58.5 Å². The first-order valence-electron chi connectivity index (χ1n) is 5.16. The van der Waals surface area contributed by atoms with Gasteiger partial charge in [-0.05, 0) is 18.1 Å². The lowest BCUT2D eigenvalue weighted by Crippen LogP contribution is -2.36. The number of rotatable bonds is 2. The van der Waals surface area contributed by atoms with Crippen molar-refractivity contribution < 1.29 is 10.4 Å². The Bertz CT molecular complexity index is 522. The van der Waals surface area contributed by atoms with Crippen LogP contribution in [0.1, 0.15) is 15.3 Å². The van der Waals surface area contributed by atoms with Crippen LogP contribution in [0.25, 0.3) is 0 Å². The molecule has 2 unspecified atom stereocenters. The van der Waals surface area contributed by atoms with Crippen LogP contribution in [0.3, 0.4) is 0 Å². The Labute approximate surface area is 96.9 Å². The predicted molar refractivity (Wildman–Crippen MR) is 64.2 cm³/mol. The van der Waals surface area contributed by atoms with Crippen molar-refractivity contribution in [1.82, 2.24) is 4.72 Å². The van der Waals surface area contributed by atoms with Crippen LogP contribution in [-0.4, -0.2) is 16.2 Å². The van der Waals surface area contributed by atoms with E-state index in [1.54, 1.807) is 24.3 Å². The molecule has 4 nitrogen and oxygen atoms in total. The molecule has 0 aliphatic carbocycles. The van der Waals surface area contributed by atoms with Gasteiger partial charge in [0.1, 0.15) is 16.0 Å². The summed E-state index contributed by atoms with van der Waals surface area (Å²) in [5.41, 5.74) is 0. The van der Waals surface area contributed by atoms with Crippen molar-refractivity contribution in [3.8, 4) is 0 Å². The largest absolute Gasteiger partial charge is 0.273 e. The van der Waals surface area contributed by atoms with E-state index in [9.17, 15) is 9.00 Å². The number of amides is 1. The van der Waals surface area contributed by atoms with E-state index >= 15 is 0 Å². The normalized spacial score (nSPS) is 29.4. The average molecular weight is 240 g/mol. The molecule has 1 aromatic carbocycles. The second-order valence-corrected chi connectivity index (χ2v) is 6.05. The summed E-state index contributed by atoms with van der Waals surface area (Å²) in [4.78, 5) is 12.2. The second-order valence-electron chi connectivity index (χ2n) is 4.11. The van der Waals surface area contributed by atoms with Crippen molar-refractivity contribution in [2.24, 2.45) is 10.3 Å². The molecule has 1 aliphatic rings. The standard InChI is InChI=1S/C11H14N2O2S.H2/c1-8(2)10-11(14)13-16(15,12-10)9-6-4-3-5-7-9;/h3-8,10H,1-2H3,(H,12,13,14,15);1H. The fourth-order valence-corrected chi connectivity index (χ4v) is 3.48. The van der Waals surface area contributed by atoms with Gasteiger partial charge < -0.3 is 0 Å². The van der Waals surface area contributed by atoms with Crippen LogP contribution in [0.5, 0.6) is 0 Å². The highest BCUT2D eigenvalue weighted by Gasteiger charge is 2.34. The Kier molecular flexibility index (Phi) is 2.82. The van der Waals surface area contributed by atoms with E-state index in [0.717, 1.165) is 0 Å². The highest BCUT2D eigenvalue weighted by atomic mass is 32.2. The molecule has 0 saturated carbocycles. The summed E-state index contributed by atoms with van der Waals surface area (Å²) in [5, 5.41) is 0. The zero-order valence-electron chi connectivity index (χ0n) is 9.21. The van der Waals surface area contributed by atoms with Gasteiger partial charge in [0.25, 0.3) is 5.91 Å². The minimum absolute atomic E-state index is 0. The van der Waals surface area contributed by atoms with Gasteiger partial charge in [0, 0.05) is 1.43 Å². The average Bonchev–Trinajstić information content (AvgIpc) is 2.57. The van der Waals surface area contributed by atoms with Crippen molar-refractivity contribution in [3.05, 3.63) is 30.3 Å². The fourth-order valence-electron chi connectivity index (χ4n) is 1.58. The first kappa shape index (κ1) is 11.3. The molecule has 0 radical (unpaired) electrons. The van der Waals surface area contributed by atoms with Gasteiger partial charge in [-0.15, -0.1) is 4.36 Å². The number of nitrogens with zero attached hydrogens (tertiary/aromatic N) is 1. The van der Waals surface area contributed by atoms with E-state index in [2.05, 4.69) is 9.08 Å². The highest BCUT2D eigenvalue weighted by molar-refractivity contribution is 7.92. The number of carbonyl (C=O) groups is 1. The Morgan fingerprint density at radius 2 is 2.00 bits per heavy atom. The van der Waals surface area contributed by atoms with Gasteiger partial charge in [0.2, 0.25) is 0 Å². The molecule has 1 aromatic rings. The van der Waals surface area contributed by atoms with E-state index in [0.29, 0.717) is 4.90 Å². The third-order valence-electron chi connectivity index (χ3n) is 2.50. The molecule has 0 aromatic heterocycles. The van der Waals surface area contributed by atoms with Crippen LogP contribution in [0.4, 0.5) is 0 Å². The lowest BCUT2D eigenvalue weighted by atomic mass is 10.1. The van der Waals surface area contributed by atoms with Crippen LogP contribution < -0.4 is 4.72 Å². The smallest absolute Gasteiger partial charge is 0.270 e. The molecule has 1 aliphatic heterocycles. The molecule has 88 valence electrons. The summed E-state index contributed by atoms with van der Waals surface area (Å²) in [6, 6.07) is 8.40. The minimum atomic E-state index is -2.75. The fraction of sp³-hybridized carbons (Fsp3) is 0.364. The lowest BCUT2D eigenvalue weighted by molar-refractivity contribution is -0.119. The maximum atomic E-state index is 12.4. The van der Waals surface area contributed by atoms with Gasteiger partial charge in [-0.3, -0.25) is 4.79 Å². The molecule has 2 atom stereocenters. The molecule has 1 amide bonds. The number of benzene rings is 1. The van der Waals surface area contributed by atoms with Crippen molar-refractivity contribution in [2.45, 2.75) is 24.8 Å². The van der Waals surface area contributed by atoms with Crippen molar-refractivity contribution in [3.63, 3.8) is 0 Å². The van der Waals surface area contributed by atoms with Gasteiger partial charge >= 0.3 is 0 Å². The molecule has 2 rings (SSSR count). The third-order valence-corrected chi connectivity index (χ3v) is 4.42. The molecule has 0 spiro atoms. The highest BCUT2D eigenvalue weighted by Crippen LogP contribution is 2.20. The maximum Gasteiger partial charge on any atom is 0.273 e. The molecular formula is C11H16N2O2S. The summed E-state index contributed by atoms with van der Waals surface area (Å²) < 4.78 is 19.0. The van der Waals surface area contributed by atoms with Crippen molar-refractivity contribution in [2.75, 3.05) is 0 Å². The zero-order chi connectivity index (χ0) is 11.8. The maximum absolute atomic E-state index is 12.4. The van der Waals surface area contributed by atoms with Crippen LogP contribution in [0, 0.1) is 5.92 Å². The van der Waals surface area contributed by atoms with E-state index in [1.807, 2.05) is 19.9 Å². The molecular weight excluding hydrogens is 224 g/mol. The van der Waals surface area contributed by atoms with Crippen LogP contribution in [-0.2, 0) is 14.7 Å². The summed E-state index contributed by atoms with van der Waals surface area (Å²) in [6.07, 6.45) is 0. The Morgan fingerprint density at radius 1 is 1.38 bits per heavy atom. The van der Waals surface area contributed by atoms with Gasteiger partial charge in [0.05, 0.1) is 4.90 Å². The molecule has 0 bridgehead atoms. The summed E-state index contributed by atoms with van der Waals surface area (Å²) in [7, 11) is -2.75. The molecule has 0 saturated heterocycles. The van der Waals surface area contributed by atoms with Crippen LogP contribution >= 0.6 is 0 Å². The number of hydrogen-bond acceptors (Lipinski definition) is 2. The van der Waals surface area contributed by atoms with E-state index in [1.165, 1.54) is 0 Å². The SMILES string of the molecule is CC(C)C1NS(=O)(c2ccccc2)=NC1=O.[HH]. The predicted octanol–water partition coefficient (Wildman–Crippen LogP) is 1.83. The molecule has 1 N–H and O–H groups in total. The van der Waals surface area contributed by atoms with Gasteiger partial charge in [0.15, 0.2) is 0 Å². The number of nitrogens with one attached hydrogen (secondary N) is 1. The lowest BCUT2D eigenvalue weighted by Gasteiger charge is -2.13. The monoisotopic (exact) mass is 240 g/mol. The van der Waals surface area contributed by atoms with Gasteiger partial charge in [-0.2, -0.15) is 0 Å². The van der Waals surface area contributed by atoms with Crippen LogP contribution in [0.2, 0.25) is 0 Å². The molecule has 5 heteroatoms. The van der Waals surface area contributed by atoms with Crippen molar-refractivity contribution >= 4 is 15.8 Å². The number of carbonyl (C=O) groups excluding carboxylic acids is 1. The Balaban J connectivity index is 0.00000144. The first-order valence-corrected chi connectivity index (χ1v) is 6.68. The van der Waals surface area contributed by atoms with Gasteiger partial charge in [-0.25, -0.2) is 8.93 Å². The summed E-state index contributed by atoms with van der Waals surface area (Å²) in [5.74, 6) is -0.229. The quantitative estimate of drug-likeness (QED) is 0.857. The third kappa shape index (κ3) is 1.88.